The van der Waals surface area contributed by atoms with Crippen LogP contribution in [0.1, 0.15) is 19.4 Å². The summed E-state index contributed by atoms with van der Waals surface area (Å²) in [5, 5.41) is 3.46. The fraction of sp³-hybridized carbons (Fsp3) is 0.625. The van der Waals surface area contributed by atoms with E-state index >= 15 is 0 Å². The molecular weight excluding hydrogens is 272 g/mol. The van der Waals surface area contributed by atoms with Crippen LogP contribution in [0.4, 0.5) is 5.69 Å². The largest absolute Gasteiger partial charge is 0.382 e. The molecule has 1 heterocycles. The Morgan fingerprint density at radius 2 is 2.10 bits per heavy atom. The molecule has 0 bridgehead atoms. The second-order valence-corrected chi connectivity index (χ2v) is 5.98. The number of hydrogen-bond donors (Lipinski definition) is 1. The second kappa shape index (κ2) is 7.87. The normalized spacial score (nSPS) is 20.3. The number of rotatable bonds is 6. The Kier molecular flexibility index (Phi) is 6.14. The molecule has 1 N–H and O–H groups in total. The van der Waals surface area contributed by atoms with Crippen LogP contribution in [0.3, 0.4) is 0 Å². The molecule has 0 aromatic heterocycles. The number of alkyl halides is 1. The number of nitrogens with zero attached hydrogens (tertiary/aromatic N) is 1. The highest BCUT2D eigenvalue weighted by molar-refractivity contribution is 6.17. The summed E-state index contributed by atoms with van der Waals surface area (Å²) in [6.45, 7) is 8.23. The molecule has 0 radical (unpaired) electrons. The van der Waals surface area contributed by atoms with Gasteiger partial charge in [0, 0.05) is 37.2 Å². The summed E-state index contributed by atoms with van der Waals surface area (Å²) >= 11 is 5.74. The third-order valence-electron chi connectivity index (χ3n) is 3.77. The van der Waals surface area contributed by atoms with E-state index in [1.54, 1.807) is 0 Å². The minimum Gasteiger partial charge on any atom is -0.382 e. The standard InChI is InChI=1S/C16H25ClN2O/c1-13(2)19-9-10-20-16(12-19)11-18-15-5-3-14(4-6-15)7-8-17/h3-6,13,16,18H,7-12H2,1-2H3. The summed E-state index contributed by atoms with van der Waals surface area (Å²) in [4.78, 5) is 2.47. The molecule has 1 atom stereocenters. The van der Waals surface area contributed by atoms with Crippen molar-refractivity contribution in [3.8, 4) is 0 Å². The SMILES string of the molecule is CC(C)N1CCOC(CNc2ccc(CCCl)cc2)C1. The lowest BCUT2D eigenvalue weighted by molar-refractivity contribution is -0.0315. The topological polar surface area (TPSA) is 24.5 Å². The van der Waals surface area contributed by atoms with E-state index in [1.165, 1.54) is 5.56 Å². The molecule has 1 aromatic carbocycles. The minimum atomic E-state index is 0.272. The van der Waals surface area contributed by atoms with Gasteiger partial charge in [-0.2, -0.15) is 0 Å². The highest BCUT2D eigenvalue weighted by Gasteiger charge is 2.21. The first kappa shape index (κ1) is 15.6. The molecule has 1 aliphatic heterocycles. The van der Waals surface area contributed by atoms with E-state index < -0.39 is 0 Å². The number of anilines is 1. The number of morpholine rings is 1. The maximum atomic E-state index is 5.82. The van der Waals surface area contributed by atoms with Crippen LogP contribution in [0.5, 0.6) is 0 Å². The first-order valence-corrected chi connectivity index (χ1v) is 7.97. The molecule has 20 heavy (non-hydrogen) atoms. The van der Waals surface area contributed by atoms with E-state index in [2.05, 4.69) is 48.3 Å². The first-order valence-electron chi connectivity index (χ1n) is 7.43. The van der Waals surface area contributed by atoms with Crippen LogP contribution < -0.4 is 5.32 Å². The third-order valence-corrected chi connectivity index (χ3v) is 3.96. The molecule has 2 rings (SSSR count). The van der Waals surface area contributed by atoms with E-state index in [-0.39, 0.29) is 6.10 Å². The Bertz CT molecular complexity index is 394. The molecule has 1 fully saturated rings. The van der Waals surface area contributed by atoms with Crippen LogP contribution in [-0.2, 0) is 11.2 Å². The van der Waals surface area contributed by atoms with E-state index in [9.17, 15) is 0 Å². The maximum absolute atomic E-state index is 5.82. The monoisotopic (exact) mass is 296 g/mol. The van der Waals surface area contributed by atoms with Crippen molar-refractivity contribution in [3.05, 3.63) is 29.8 Å². The summed E-state index contributed by atoms with van der Waals surface area (Å²) in [6.07, 6.45) is 1.20. The Morgan fingerprint density at radius 3 is 2.75 bits per heavy atom. The van der Waals surface area contributed by atoms with Crippen LogP contribution >= 0.6 is 11.6 Å². The predicted molar refractivity (Wildman–Crippen MR) is 85.8 cm³/mol. The van der Waals surface area contributed by atoms with E-state index in [0.717, 1.165) is 38.3 Å². The lowest BCUT2D eigenvalue weighted by atomic mass is 10.1. The summed E-state index contributed by atoms with van der Waals surface area (Å²) in [5.41, 5.74) is 2.43. The Labute approximate surface area is 127 Å². The van der Waals surface area contributed by atoms with Gasteiger partial charge in [-0.15, -0.1) is 11.6 Å². The second-order valence-electron chi connectivity index (χ2n) is 5.60. The van der Waals surface area contributed by atoms with Crippen LogP contribution in [-0.4, -0.2) is 49.2 Å². The molecule has 1 aromatic rings. The van der Waals surface area contributed by atoms with Crippen molar-refractivity contribution in [2.75, 3.05) is 37.4 Å². The minimum absolute atomic E-state index is 0.272. The molecule has 0 aliphatic carbocycles. The van der Waals surface area contributed by atoms with Crippen molar-refractivity contribution >= 4 is 17.3 Å². The Morgan fingerprint density at radius 1 is 1.35 bits per heavy atom. The fourth-order valence-electron chi connectivity index (χ4n) is 2.46. The van der Waals surface area contributed by atoms with Gasteiger partial charge in [0.25, 0.3) is 0 Å². The lowest BCUT2D eigenvalue weighted by Gasteiger charge is -2.35. The molecule has 112 valence electrons. The lowest BCUT2D eigenvalue weighted by Crippen LogP contribution is -2.48. The maximum Gasteiger partial charge on any atom is 0.0874 e. The average Bonchev–Trinajstić information content (AvgIpc) is 2.47. The summed E-state index contributed by atoms with van der Waals surface area (Å²) in [7, 11) is 0. The van der Waals surface area contributed by atoms with Crippen molar-refractivity contribution in [2.45, 2.75) is 32.4 Å². The van der Waals surface area contributed by atoms with Gasteiger partial charge in [0.2, 0.25) is 0 Å². The molecule has 1 saturated heterocycles. The van der Waals surface area contributed by atoms with Gasteiger partial charge >= 0.3 is 0 Å². The molecule has 4 heteroatoms. The number of aryl methyl sites for hydroxylation is 1. The summed E-state index contributed by atoms with van der Waals surface area (Å²) in [6, 6.07) is 9.09. The quantitative estimate of drug-likeness (QED) is 0.817. The highest BCUT2D eigenvalue weighted by atomic mass is 35.5. The Hall–Kier alpha value is -0.770. The Balaban J connectivity index is 1.79. The third kappa shape index (κ3) is 4.65. The number of hydrogen-bond acceptors (Lipinski definition) is 3. The summed E-state index contributed by atoms with van der Waals surface area (Å²) < 4.78 is 5.82. The highest BCUT2D eigenvalue weighted by Crippen LogP contribution is 2.13. The van der Waals surface area contributed by atoms with Gasteiger partial charge in [-0.1, -0.05) is 12.1 Å². The number of ether oxygens (including phenoxy) is 1. The van der Waals surface area contributed by atoms with Crippen molar-refractivity contribution in [1.29, 1.82) is 0 Å². The molecule has 0 amide bonds. The summed E-state index contributed by atoms with van der Waals surface area (Å²) in [5.74, 6) is 0.674. The zero-order chi connectivity index (χ0) is 14.4. The zero-order valence-corrected chi connectivity index (χ0v) is 13.2. The van der Waals surface area contributed by atoms with Crippen LogP contribution in [0, 0.1) is 0 Å². The van der Waals surface area contributed by atoms with E-state index in [1.807, 2.05) is 0 Å². The van der Waals surface area contributed by atoms with Gasteiger partial charge in [0.15, 0.2) is 0 Å². The number of nitrogens with one attached hydrogen (secondary N) is 1. The van der Waals surface area contributed by atoms with E-state index in [0.29, 0.717) is 11.9 Å². The number of benzene rings is 1. The van der Waals surface area contributed by atoms with Crippen molar-refractivity contribution in [3.63, 3.8) is 0 Å². The van der Waals surface area contributed by atoms with Gasteiger partial charge in [0.05, 0.1) is 12.7 Å². The van der Waals surface area contributed by atoms with Crippen molar-refractivity contribution in [2.24, 2.45) is 0 Å². The van der Waals surface area contributed by atoms with Gasteiger partial charge < -0.3 is 10.1 Å². The average molecular weight is 297 g/mol. The van der Waals surface area contributed by atoms with Crippen molar-refractivity contribution in [1.82, 2.24) is 4.90 Å². The van der Waals surface area contributed by atoms with Crippen molar-refractivity contribution < 1.29 is 4.74 Å². The zero-order valence-electron chi connectivity index (χ0n) is 12.4. The molecule has 0 spiro atoms. The van der Waals surface area contributed by atoms with Crippen LogP contribution in [0.25, 0.3) is 0 Å². The van der Waals surface area contributed by atoms with Gasteiger partial charge in [0.1, 0.15) is 0 Å². The molecule has 1 aliphatic rings. The van der Waals surface area contributed by atoms with Gasteiger partial charge in [-0.3, -0.25) is 4.90 Å². The molecule has 0 saturated carbocycles. The molecule has 1 unspecified atom stereocenters. The first-order chi connectivity index (χ1) is 9.69. The molecule has 3 nitrogen and oxygen atoms in total. The fourth-order valence-corrected chi connectivity index (χ4v) is 2.68. The van der Waals surface area contributed by atoms with Crippen LogP contribution in [0.2, 0.25) is 0 Å². The predicted octanol–water partition coefficient (Wildman–Crippen LogP) is 2.99. The van der Waals surface area contributed by atoms with Gasteiger partial charge in [-0.05, 0) is 38.0 Å². The van der Waals surface area contributed by atoms with Crippen LogP contribution in [0.15, 0.2) is 24.3 Å². The van der Waals surface area contributed by atoms with Gasteiger partial charge in [-0.25, -0.2) is 0 Å². The smallest absolute Gasteiger partial charge is 0.0874 e. The van der Waals surface area contributed by atoms with E-state index in [4.69, 9.17) is 16.3 Å². The number of halogens is 1. The molecular formula is C16H25ClN2O.